The molecule has 0 unspecified atom stereocenters. The Hall–Kier alpha value is -3.41. The standard InChI is InChI=1S/C22H21N3O3/c1-4-13(2)15-7-9-16(10-8-15)23-21(26)17-12-18(19-6-5-11-27-19)24-22-20(17)14(3)25-28-22/h5-13H,4H2,1-3H3,(H,23,26)/t13-/m1/s1. The molecule has 4 aromatic rings. The third-order valence-electron chi connectivity index (χ3n) is 4.99. The number of fused-ring (bicyclic) bond motifs is 1. The summed E-state index contributed by atoms with van der Waals surface area (Å²) in [5.41, 5.74) is 3.87. The largest absolute Gasteiger partial charge is 0.463 e. The SMILES string of the molecule is CC[C@@H](C)c1ccc(NC(=O)c2cc(-c3ccco3)nc3onc(C)c23)cc1. The third kappa shape index (κ3) is 3.29. The van der Waals surface area contributed by atoms with Gasteiger partial charge in [0.05, 0.1) is 22.9 Å². The summed E-state index contributed by atoms with van der Waals surface area (Å²) in [5.74, 6) is 0.797. The van der Waals surface area contributed by atoms with E-state index in [4.69, 9.17) is 8.94 Å². The van der Waals surface area contributed by atoms with Gasteiger partial charge in [-0.25, -0.2) is 4.98 Å². The maximum atomic E-state index is 13.0. The maximum Gasteiger partial charge on any atom is 0.259 e. The first-order chi connectivity index (χ1) is 13.6. The number of aryl methyl sites for hydroxylation is 1. The van der Waals surface area contributed by atoms with Gasteiger partial charge in [-0.15, -0.1) is 0 Å². The van der Waals surface area contributed by atoms with Gasteiger partial charge in [-0.05, 0) is 55.2 Å². The summed E-state index contributed by atoms with van der Waals surface area (Å²) >= 11 is 0. The molecular weight excluding hydrogens is 354 g/mol. The van der Waals surface area contributed by atoms with Crippen LogP contribution in [0.2, 0.25) is 0 Å². The Labute approximate surface area is 162 Å². The van der Waals surface area contributed by atoms with Gasteiger partial charge in [0.2, 0.25) is 0 Å². The Morgan fingerprint density at radius 3 is 2.68 bits per heavy atom. The minimum atomic E-state index is -0.247. The van der Waals surface area contributed by atoms with Gasteiger partial charge in [0, 0.05) is 5.69 Å². The number of hydrogen-bond acceptors (Lipinski definition) is 5. The summed E-state index contributed by atoms with van der Waals surface area (Å²) < 4.78 is 10.7. The van der Waals surface area contributed by atoms with Gasteiger partial charge in [0.25, 0.3) is 11.6 Å². The highest BCUT2D eigenvalue weighted by Gasteiger charge is 2.20. The highest BCUT2D eigenvalue weighted by molar-refractivity contribution is 6.12. The van der Waals surface area contributed by atoms with Crippen LogP contribution >= 0.6 is 0 Å². The van der Waals surface area contributed by atoms with Crippen molar-refractivity contribution in [2.24, 2.45) is 0 Å². The summed E-state index contributed by atoms with van der Waals surface area (Å²) in [6, 6.07) is 13.2. The Morgan fingerprint density at radius 1 is 1.21 bits per heavy atom. The molecule has 0 aliphatic carbocycles. The van der Waals surface area contributed by atoms with E-state index < -0.39 is 0 Å². The van der Waals surface area contributed by atoms with E-state index in [-0.39, 0.29) is 5.91 Å². The predicted molar refractivity (Wildman–Crippen MR) is 107 cm³/mol. The van der Waals surface area contributed by atoms with E-state index >= 15 is 0 Å². The van der Waals surface area contributed by atoms with Crippen molar-refractivity contribution < 1.29 is 13.7 Å². The number of aromatic nitrogens is 2. The zero-order chi connectivity index (χ0) is 19.7. The fourth-order valence-electron chi connectivity index (χ4n) is 3.15. The minimum absolute atomic E-state index is 0.247. The zero-order valence-electron chi connectivity index (χ0n) is 16.0. The molecule has 3 heterocycles. The fraction of sp³-hybridized carbons (Fsp3) is 0.227. The first-order valence-corrected chi connectivity index (χ1v) is 9.29. The van der Waals surface area contributed by atoms with Crippen LogP contribution in [-0.4, -0.2) is 16.0 Å². The molecule has 1 atom stereocenters. The predicted octanol–water partition coefficient (Wildman–Crippen LogP) is 5.56. The molecule has 1 N–H and O–H groups in total. The highest BCUT2D eigenvalue weighted by Crippen LogP contribution is 2.28. The van der Waals surface area contributed by atoms with E-state index in [1.54, 1.807) is 31.4 Å². The molecule has 28 heavy (non-hydrogen) atoms. The lowest BCUT2D eigenvalue weighted by molar-refractivity contribution is 0.102. The molecule has 1 amide bonds. The molecule has 0 bridgehead atoms. The number of amides is 1. The monoisotopic (exact) mass is 375 g/mol. The highest BCUT2D eigenvalue weighted by atomic mass is 16.5. The normalized spacial score (nSPS) is 12.2. The lowest BCUT2D eigenvalue weighted by atomic mass is 9.98. The Morgan fingerprint density at radius 2 is 2.00 bits per heavy atom. The number of nitrogens with zero attached hydrogens (tertiary/aromatic N) is 2. The number of pyridine rings is 1. The van der Waals surface area contributed by atoms with Gasteiger partial charge in [0.15, 0.2) is 5.76 Å². The Kier molecular flexibility index (Phi) is 4.69. The van der Waals surface area contributed by atoms with Gasteiger partial charge in [-0.3, -0.25) is 4.79 Å². The average Bonchev–Trinajstić information content (AvgIpc) is 3.37. The summed E-state index contributed by atoms with van der Waals surface area (Å²) in [6.45, 7) is 6.14. The van der Waals surface area contributed by atoms with Crippen molar-refractivity contribution in [3.05, 3.63) is 65.5 Å². The first-order valence-electron chi connectivity index (χ1n) is 9.29. The van der Waals surface area contributed by atoms with Crippen molar-refractivity contribution in [3.63, 3.8) is 0 Å². The van der Waals surface area contributed by atoms with Crippen molar-refractivity contribution in [2.45, 2.75) is 33.1 Å². The molecule has 142 valence electrons. The van der Waals surface area contributed by atoms with Gasteiger partial charge < -0.3 is 14.3 Å². The molecule has 0 spiro atoms. The van der Waals surface area contributed by atoms with E-state index in [9.17, 15) is 4.79 Å². The molecule has 0 aliphatic rings. The number of carbonyl (C=O) groups excluding carboxylic acids is 1. The molecule has 1 aromatic carbocycles. The second-order valence-electron chi connectivity index (χ2n) is 6.87. The summed E-state index contributed by atoms with van der Waals surface area (Å²) in [6.07, 6.45) is 2.63. The Bertz CT molecular complexity index is 1110. The number of nitrogens with one attached hydrogen (secondary N) is 1. The quantitative estimate of drug-likeness (QED) is 0.494. The van der Waals surface area contributed by atoms with E-state index in [1.165, 1.54) is 5.56 Å². The molecule has 6 heteroatoms. The number of furan rings is 1. The second-order valence-corrected chi connectivity index (χ2v) is 6.87. The zero-order valence-corrected chi connectivity index (χ0v) is 16.0. The van der Waals surface area contributed by atoms with Crippen LogP contribution < -0.4 is 5.32 Å². The molecule has 0 radical (unpaired) electrons. The van der Waals surface area contributed by atoms with Gasteiger partial charge in [-0.2, -0.15) is 0 Å². The van der Waals surface area contributed by atoms with Crippen LogP contribution in [0.25, 0.3) is 22.6 Å². The van der Waals surface area contributed by atoms with Crippen LogP contribution in [0.3, 0.4) is 0 Å². The summed E-state index contributed by atoms with van der Waals surface area (Å²) in [5, 5.41) is 7.52. The molecule has 0 aliphatic heterocycles. The molecule has 0 fully saturated rings. The van der Waals surface area contributed by atoms with Crippen LogP contribution in [0, 0.1) is 6.92 Å². The molecule has 3 aromatic heterocycles. The van der Waals surface area contributed by atoms with Crippen molar-refractivity contribution >= 4 is 22.7 Å². The van der Waals surface area contributed by atoms with E-state index in [0.29, 0.717) is 39.7 Å². The topological polar surface area (TPSA) is 81.2 Å². The average molecular weight is 375 g/mol. The van der Waals surface area contributed by atoms with Gasteiger partial charge >= 0.3 is 0 Å². The van der Waals surface area contributed by atoms with Crippen LogP contribution in [-0.2, 0) is 0 Å². The van der Waals surface area contributed by atoms with E-state index in [1.807, 2.05) is 24.3 Å². The fourth-order valence-corrected chi connectivity index (χ4v) is 3.15. The second kappa shape index (κ2) is 7.31. The maximum absolute atomic E-state index is 13.0. The van der Waals surface area contributed by atoms with Crippen molar-refractivity contribution in [3.8, 4) is 11.5 Å². The number of anilines is 1. The van der Waals surface area contributed by atoms with Gasteiger partial charge in [-0.1, -0.05) is 31.1 Å². The molecule has 0 saturated carbocycles. The minimum Gasteiger partial charge on any atom is -0.463 e. The van der Waals surface area contributed by atoms with Crippen molar-refractivity contribution in [1.82, 2.24) is 10.1 Å². The Balaban J connectivity index is 1.69. The summed E-state index contributed by atoms with van der Waals surface area (Å²) in [4.78, 5) is 17.5. The third-order valence-corrected chi connectivity index (χ3v) is 4.99. The van der Waals surface area contributed by atoms with Crippen molar-refractivity contribution in [1.29, 1.82) is 0 Å². The van der Waals surface area contributed by atoms with Crippen molar-refractivity contribution in [2.75, 3.05) is 5.32 Å². The number of rotatable bonds is 5. The number of carbonyl (C=O) groups is 1. The molecule has 4 rings (SSSR count). The van der Waals surface area contributed by atoms with Crippen LogP contribution in [0.1, 0.15) is 47.8 Å². The van der Waals surface area contributed by atoms with Gasteiger partial charge in [0.1, 0.15) is 5.69 Å². The number of benzene rings is 1. The first kappa shape index (κ1) is 18.0. The van der Waals surface area contributed by atoms with Crippen LogP contribution in [0.4, 0.5) is 5.69 Å². The van der Waals surface area contributed by atoms with E-state index in [0.717, 1.165) is 12.1 Å². The van der Waals surface area contributed by atoms with Crippen LogP contribution in [0.15, 0.2) is 57.7 Å². The number of hydrogen-bond donors (Lipinski definition) is 1. The molecular formula is C22H21N3O3. The van der Waals surface area contributed by atoms with E-state index in [2.05, 4.69) is 29.3 Å². The lowest BCUT2D eigenvalue weighted by Crippen LogP contribution is -2.13. The molecule has 6 nitrogen and oxygen atoms in total. The summed E-state index contributed by atoms with van der Waals surface area (Å²) in [7, 11) is 0. The smallest absolute Gasteiger partial charge is 0.259 e. The lowest BCUT2D eigenvalue weighted by Gasteiger charge is -2.11. The molecule has 0 saturated heterocycles. The van der Waals surface area contributed by atoms with Crippen LogP contribution in [0.5, 0.6) is 0 Å².